The number of rotatable bonds is 14. The number of carboxylic acid groups (broad SMARTS) is 1. The van der Waals surface area contributed by atoms with Gasteiger partial charge in [-0.2, -0.15) is 0 Å². The van der Waals surface area contributed by atoms with E-state index in [0.29, 0.717) is 45.4 Å². The van der Waals surface area contributed by atoms with E-state index in [2.05, 4.69) is 43.0 Å². The van der Waals surface area contributed by atoms with Crippen LogP contribution in [-0.4, -0.2) is 91.7 Å². The van der Waals surface area contributed by atoms with Crippen LogP contribution >= 0.6 is 34.2 Å². The number of nitrogens with one attached hydrogen (secondary N) is 2. The summed E-state index contributed by atoms with van der Waals surface area (Å²) < 4.78 is 10.3. The van der Waals surface area contributed by atoms with Crippen molar-refractivity contribution >= 4 is 63.4 Å². The fourth-order valence-corrected chi connectivity index (χ4v) is 14.1. The van der Waals surface area contributed by atoms with Crippen molar-refractivity contribution in [3.63, 3.8) is 0 Å². The molecular weight excluding hydrogens is 943 g/mol. The number of carbonyl (C=O) groups excluding carboxylic acids is 2. The fourth-order valence-electron chi connectivity index (χ4n) is 13.0. The summed E-state index contributed by atoms with van der Waals surface area (Å²) in [6.45, 7) is 6.12. The lowest BCUT2D eigenvalue weighted by molar-refractivity contribution is -0.148. The average molecular weight is 1000 g/mol. The molecule has 0 spiro atoms. The quantitative estimate of drug-likeness (QED) is 0.106. The molecule has 4 bridgehead atoms. The molecule has 0 radical (unpaired) electrons. The monoisotopic (exact) mass is 1000 g/mol. The molecule has 3 N–H and O–H groups in total. The molecule has 4 aliphatic carbocycles. The van der Waals surface area contributed by atoms with Gasteiger partial charge in [0.1, 0.15) is 0 Å². The molecule has 4 aromatic rings. The number of amides is 2. The van der Waals surface area contributed by atoms with Crippen molar-refractivity contribution in [1.29, 1.82) is 0 Å². The van der Waals surface area contributed by atoms with Crippen molar-refractivity contribution in [2.24, 2.45) is 35.8 Å². The van der Waals surface area contributed by atoms with Crippen LogP contribution in [0.4, 0.5) is 11.4 Å². The molecule has 0 atom stereocenters. The van der Waals surface area contributed by atoms with Crippen LogP contribution in [0.15, 0.2) is 36.4 Å². The minimum Gasteiger partial charge on any atom is -0.481 e. The van der Waals surface area contributed by atoms with E-state index < -0.39 is 11.4 Å². The summed E-state index contributed by atoms with van der Waals surface area (Å²) in [7, 11) is 5.67. The van der Waals surface area contributed by atoms with Gasteiger partial charge in [-0.05, 0) is 147 Å². The predicted molar refractivity (Wildman–Crippen MR) is 255 cm³/mol. The molecule has 4 saturated carbocycles. The van der Waals surface area contributed by atoms with Crippen molar-refractivity contribution < 1.29 is 24.2 Å². The Morgan fingerprint density at radius 1 is 0.734 bits per heavy atom. The van der Waals surface area contributed by atoms with Crippen molar-refractivity contribution in [3.05, 3.63) is 79.4 Å². The molecule has 4 heterocycles. The second kappa shape index (κ2) is 16.8. The Bertz CT molecular complexity index is 2520. The molecule has 2 amide bonds. The number of anilines is 2. The number of ether oxygens (including phenoxy) is 1. The number of carbonyl (C=O) groups is 3. The first-order chi connectivity index (χ1) is 30.7. The maximum atomic E-state index is 13.9. The Morgan fingerprint density at radius 3 is 1.78 bits per heavy atom. The number of aromatic nitrogens is 4. The molecule has 10 rings (SSSR count). The Labute approximate surface area is 394 Å². The summed E-state index contributed by atoms with van der Waals surface area (Å²) in [5.41, 5.74) is 7.26. The Balaban J connectivity index is 0.776. The molecule has 64 heavy (non-hydrogen) atoms. The van der Waals surface area contributed by atoms with Crippen LogP contribution < -0.4 is 10.6 Å². The predicted octanol–water partition coefficient (Wildman–Crippen LogP) is 8.71. The number of carboxylic acids is 1. The zero-order valence-electron chi connectivity index (χ0n) is 37.3. The van der Waals surface area contributed by atoms with Crippen LogP contribution in [0.25, 0.3) is 11.1 Å². The van der Waals surface area contributed by atoms with Gasteiger partial charge in [0.25, 0.3) is 11.8 Å². The third-order valence-electron chi connectivity index (χ3n) is 16.8. The lowest BCUT2D eigenvalue weighted by Crippen LogP contribution is -2.34. The molecule has 4 fully saturated rings. The molecule has 15 heteroatoms. The third kappa shape index (κ3) is 7.80. The number of benzene rings is 2. The van der Waals surface area contributed by atoms with Crippen LogP contribution in [-0.2, 0) is 49.6 Å². The van der Waals surface area contributed by atoms with Gasteiger partial charge >= 0.3 is 5.97 Å². The largest absolute Gasteiger partial charge is 0.481 e. The minimum atomic E-state index is -0.620. The number of hydrogen-bond donors (Lipinski definition) is 3. The Morgan fingerprint density at radius 2 is 1.23 bits per heavy atom. The molecule has 6 aliphatic rings. The van der Waals surface area contributed by atoms with Crippen LogP contribution in [0.3, 0.4) is 0 Å². The molecule has 340 valence electrons. The van der Waals surface area contributed by atoms with Gasteiger partial charge in [-0.25, -0.2) is 9.97 Å². The third-order valence-corrected chi connectivity index (χ3v) is 18.4. The van der Waals surface area contributed by atoms with E-state index in [1.54, 1.807) is 6.07 Å². The normalized spacial score (nSPS) is 27.2. The van der Waals surface area contributed by atoms with Gasteiger partial charge in [0.2, 0.25) is 0 Å². The van der Waals surface area contributed by atoms with Gasteiger partial charge in [0.15, 0.2) is 11.6 Å². The topological polar surface area (TPSA) is 147 Å². The van der Waals surface area contributed by atoms with Crippen molar-refractivity contribution in [3.8, 4) is 11.1 Å². The van der Waals surface area contributed by atoms with E-state index in [4.69, 9.17) is 26.3 Å². The maximum absolute atomic E-state index is 13.9. The first-order valence-corrected chi connectivity index (χ1v) is 24.7. The van der Waals surface area contributed by atoms with E-state index in [1.165, 1.54) is 38.5 Å². The minimum absolute atomic E-state index is 0.140. The van der Waals surface area contributed by atoms with Gasteiger partial charge < -0.3 is 29.6 Å². The number of nitrogens with zero attached hydrogens (tertiary/aromatic N) is 6. The van der Waals surface area contributed by atoms with E-state index in [1.807, 2.05) is 60.7 Å². The van der Waals surface area contributed by atoms with Gasteiger partial charge in [-0.1, -0.05) is 35.9 Å². The summed E-state index contributed by atoms with van der Waals surface area (Å²) in [6.07, 6.45) is 14.8. The Kier molecular flexibility index (Phi) is 11.6. The summed E-state index contributed by atoms with van der Waals surface area (Å²) >= 11 is 9.35. The molecule has 2 aromatic heterocycles. The standard InChI is InChI=1S/C49H60ClIN8O5/c1-56-37-11-23-59(25-21-47-16-18-49(29-47,19-17-47)45(62)63)27-35(37)52-41(56)43(60)54-33-8-4-6-31(39(33)50)32-7-5-9-34(40(32)51)55-44(61)42-53-36-26-58(22-10-38(36)57(42)2)24-20-46-12-14-48(28-46,15-13-46)30-64-3/h4-9H,10-30H2,1-3H3,(H,54,60)(H,55,61)(H,62,63). The summed E-state index contributed by atoms with van der Waals surface area (Å²) in [4.78, 5) is 54.5. The van der Waals surface area contributed by atoms with Crippen molar-refractivity contribution in [2.75, 3.05) is 50.5 Å². The maximum Gasteiger partial charge on any atom is 0.309 e. The smallest absolute Gasteiger partial charge is 0.309 e. The van der Waals surface area contributed by atoms with Gasteiger partial charge in [-0.3, -0.25) is 24.2 Å². The molecule has 0 saturated heterocycles. The summed E-state index contributed by atoms with van der Waals surface area (Å²) in [5.74, 6) is -0.480. The fraction of sp³-hybridized carbons (Fsp3) is 0.571. The first kappa shape index (κ1) is 44.0. The number of methoxy groups -OCH3 is 1. The van der Waals surface area contributed by atoms with E-state index in [9.17, 15) is 19.5 Å². The molecule has 2 aliphatic heterocycles. The van der Waals surface area contributed by atoms with E-state index in [0.717, 1.165) is 128 Å². The average Bonchev–Trinajstić information content (AvgIpc) is 4.15. The highest BCUT2D eigenvalue weighted by atomic mass is 127. The second-order valence-electron chi connectivity index (χ2n) is 20.4. The molecular formula is C49H60ClIN8O5. The number of aliphatic carboxylic acids is 1. The highest BCUT2D eigenvalue weighted by Crippen LogP contribution is 2.64. The molecule has 2 aromatic carbocycles. The lowest BCUT2D eigenvalue weighted by Gasteiger charge is -2.32. The van der Waals surface area contributed by atoms with Crippen molar-refractivity contribution in [2.45, 2.75) is 103 Å². The zero-order chi connectivity index (χ0) is 44.6. The van der Waals surface area contributed by atoms with Gasteiger partial charge in [-0.15, -0.1) is 0 Å². The zero-order valence-corrected chi connectivity index (χ0v) is 40.2. The number of hydrogen-bond acceptors (Lipinski definition) is 8. The summed E-state index contributed by atoms with van der Waals surface area (Å²) in [6, 6.07) is 11.3. The van der Waals surface area contributed by atoms with E-state index in [-0.39, 0.29) is 17.2 Å². The van der Waals surface area contributed by atoms with Crippen LogP contribution in [0.1, 0.15) is 121 Å². The highest BCUT2D eigenvalue weighted by Gasteiger charge is 2.58. The summed E-state index contributed by atoms with van der Waals surface area (Å²) in [5, 5.41) is 16.4. The van der Waals surface area contributed by atoms with E-state index >= 15 is 0 Å². The van der Waals surface area contributed by atoms with Crippen molar-refractivity contribution in [1.82, 2.24) is 28.9 Å². The first-order valence-electron chi connectivity index (χ1n) is 23.2. The number of halogens is 2. The number of fused-ring (bicyclic) bond motifs is 6. The molecule has 13 nitrogen and oxygen atoms in total. The highest BCUT2D eigenvalue weighted by molar-refractivity contribution is 14.1. The van der Waals surface area contributed by atoms with Crippen LogP contribution in [0.2, 0.25) is 5.02 Å². The van der Waals surface area contributed by atoms with Gasteiger partial charge in [0, 0.05) is 80.7 Å². The molecule has 0 unspecified atom stereocenters. The lowest BCUT2D eigenvalue weighted by atomic mass is 9.80. The second-order valence-corrected chi connectivity index (χ2v) is 21.9. The SMILES string of the molecule is COCC12CCC(CCN3CCc4c(nc(C(=O)Nc5cccc(-c6cccc(NC(=O)c7nc8c(n7C)CCN(CCC79CCC(C(=O)O)(CC7)C9)C8)c6Cl)c5I)n4C)C3)(CC1)C2. The Hall–Kier alpha value is -3.83. The van der Waals surface area contributed by atoms with Crippen LogP contribution in [0.5, 0.6) is 0 Å². The number of imidazole rings is 2. The van der Waals surface area contributed by atoms with Gasteiger partial charge in [0.05, 0.1) is 39.8 Å². The van der Waals surface area contributed by atoms with Crippen LogP contribution in [0, 0.1) is 25.2 Å².